The van der Waals surface area contributed by atoms with Crippen molar-refractivity contribution in [3.8, 4) is 33.8 Å². The van der Waals surface area contributed by atoms with Gasteiger partial charge in [0.25, 0.3) is 0 Å². The van der Waals surface area contributed by atoms with Crippen LogP contribution < -0.4 is 4.70 Å². The van der Waals surface area contributed by atoms with E-state index in [1.165, 1.54) is 33.4 Å². The molecule has 0 unspecified atom stereocenters. The Labute approximate surface area is 330 Å². The van der Waals surface area contributed by atoms with Gasteiger partial charge in [-0.25, -0.2) is 4.42 Å². The second-order valence-electron chi connectivity index (χ2n) is 12.3. The van der Waals surface area contributed by atoms with Gasteiger partial charge in [-0.15, -0.1) is 0 Å². The Kier molecular flexibility index (Phi) is 24.9. The second-order valence-corrected chi connectivity index (χ2v) is 12.3. The van der Waals surface area contributed by atoms with Crippen LogP contribution in [0.3, 0.4) is 0 Å². The third kappa shape index (κ3) is 18.6. The van der Waals surface area contributed by atoms with Crippen molar-refractivity contribution in [3.63, 3.8) is 0 Å². The smallest absolute Gasteiger partial charge is 0.762 e. The van der Waals surface area contributed by atoms with E-state index in [9.17, 15) is 31.2 Å². The zero-order valence-electron chi connectivity index (χ0n) is 32.6. The lowest BCUT2D eigenvalue weighted by atomic mass is 9.97. The molecular weight excluding hydrogens is 750 g/mol. The van der Waals surface area contributed by atoms with Gasteiger partial charge < -0.3 is 4.70 Å². The summed E-state index contributed by atoms with van der Waals surface area (Å²) in [5.41, 5.74) is 13.4. The van der Waals surface area contributed by atoms with E-state index in [1.54, 1.807) is 19.1 Å². The molecule has 1 radical (unpaired) electrons. The van der Waals surface area contributed by atoms with Crippen molar-refractivity contribution >= 4 is 27.4 Å². The van der Waals surface area contributed by atoms with Gasteiger partial charge in [-0.05, 0) is 82.9 Å². The van der Waals surface area contributed by atoms with Crippen LogP contribution in [0.5, 0.6) is 0 Å². The van der Waals surface area contributed by atoms with Crippen LogP contribution in [0.25, 0.3) is 33.8 Å². The summed E-state index contributed by atoms with van der Waals surface area (Å²) in [7, 11) is -4.67. The van der Waals surface area contributed by atoms with Crippen molar-refractivity contribution in [1.29, 1.82) is 0 Å². The third-order valence-corrected chi connectivity index (χ3v) is 7.89. The highest BCUT2D eigenvalue weighted by Gasteiger charge is 2.23. The van der Waals surface area contributed by atoms with E-state index in [2.05, 4.69) is 100 Å². The molecule has 0 fully saturated rings. The Morgan fingerprint density at radius 2 is 0.947 bits per heavy atom. The van der Waals surface area contributed by atoms with Gasteiger partial charge in [0.05, 0.1) is 23.3 Å². The van der Waals surface area contributed by atoms with Crippen molar-refractivity contribution in [3.05, 3.63) is 172 Å². The number of Topliss-reactive ketones (excluding diaryl/α,β-unsaturated/α-hetero) is 1. The minimum atomic E-state index is -3.67. The van der Waals surface area contributed by atoms with Crippen LogP contribution in [-0.2, 0) is 0 Å². The van der Waals surface area contributed by atoms with Crippen LogP contribution in [0.4, 0.5) is 30.7 Å². The van der Waals surface area contributed by atoms with Gasteiger partial charge in [0.2, 0.25) is 0 Å². The number of hydrogen-bond donors (Lipinski definition) is 0. The summed E-state index contributed by atoms with van der Waals surface area (Å²) in [4.78, 5) is 21.0. The second kappa shape index (κ2) is 27.7. The lowest BCUT2D eigenvalue weighted by molar-refractivity contribution is -0.0000308. The number of aldehydes is 1. The van der Waals surface area contributed by atoms with Gasteiger partial charge in [-0.3, -0.25) is 31.2 Å². The van der Waals surface area contributed by atoms with E-state index in [0.717, 1.165) is 51.2 Å². The van der Waals surface area contributed by atoms with Crippen LogP contribution >= 0.6 is 0 Å². The van der Waals surface area contributed by atoms with Crippen molar-refractivity contribution in [2.75, 3.05) is 0 Å². The average Bonchev–Trinajstić information content (AvgIpc) is 3.16. The fraction of sp³-hybridized carbons (Fsp3) is 0.159. The Hall–Kier alpha value is -5.84. The predicted molar refractivity (Wildman–Crippen MR) is 215 cm³/mol. The molecule has 57 heavy (non-hydrogen) atoms. The van der Waals surface area contributed by atoms with Gasteiger partial charge in [0, 0.05) is 25.8 Å². The molecule has 0 aliphatic heterocycles. The molecule has 3 nitrogen and oxygen atoms in total. The molecule has 13 heteroatoms. The molecule has 0 saturated carbocycles. The number of ketones is 1. The lowest BCUT2D eigenvalue weighted by Crippen LogP contribution is -3.00. The average molecular weight is 793 g/mol. The maximum atomic E-state index is 11.0. The first-order chi connectivity index (χ1) is 26.7. The molecule has 0 aliphatic rings. The van der Waals surface area contributed by atoms with Gasteiger partial charge >= 0.3 is 26.9 Å². The summed E-state index contributed by atoms with van der Waals surface area (Å²) in [6.07, 6.45) is 0.833. The normalized spacial score (nSPS) is 9.23. The Bertz CT molecular complexity index is 2010. The molecular formula is C44H43B2F8O3. The fourth-order valence-corrected chi connectivity index (χ4v) is 5.48. The highest BCUT2D eigenvalue weighted by molar-refractivity contribution is 6.33. The lowest BCUT2D eigenvalue weighted by Gasteiger charge is -2.06. The predicted octanol–water partition coefficient (Wildman–Crippen LogP) is 11.0. The molecule has 0 spiro atoms. The summed E-state index contributed by atoms with van der Waals surface area (Å²) >= 11 is 0. The molecule has 0 bridgehead atoms. The third-order valence-electron chi connectivity index (χ3n) is 7.89. The van der Waals surface area contributed by atoms with Crippen molar-refractivity contribution in [2.24, 2.45) is 0 Å². The van der Waals surface area contributed by atoms with Gasteiger partial charge in [-0.1, -0.05) is 120 Å². The molecule has 0 N–H and O–H groups in total. The summed E-state index contributed by atoms with van der Waals surface area (Å²) in [6.45, 7) is 14.1. The largest absolute Gasteiger partial charge is 1.00 e. The Morgan fingerprint density at radius 3 is 1.28 bits per heavy atom. The maximum absolute atomic E-state index is 11.0. The van der Waals surface area contributed by atoms with Crippen LogP contribution in [0.1, 0.15) is 61.0 Å². The topological polar surface area (TPSA) is 45.4 Å². The molecule has 5 aromatic carbocycles. The summed E-state index contributed by atoms with van der Waals surface area (Å²) in [6, 6.07) is 42.8. The van der Waals surface area contributed by atoms with Crippen LogP contribution in [0.2, 0.25) is 0 Å². The quantitative estimate of drug-likeness (QED) is 0.0574. The maximum Gasteiger partial charge on any atom is 0.762 e. The van der Waals surface area contributed by atoms with Crippen molar-refractivity contribution in [2.45, 2.75) is 48.5 Å². The molecule has 0 aliphatic carbocycles. The minimum absolute atomic E-state index is 0. The van der Waals surface area contributed by atoms with Gasteiger partial charge in [0.15, 0.2) is 5.78 Å². The standard InChI is InChI=1S/C27H25O.C10H12O.C7H6O.BF3.BF2.F2.FH/c1-18-10-12-24(20(3)14-18)26-16-23(22-8-6-5-7-9-22)17-27(28-26)25-13-11-19(2)15-21(25)4;1-7-4-5-10(9(3)11)8(2)6-7;8-6-7-4-2-1-3-5-7;2-1(3)4;2-1-3;1-2;/h5-17H,1-4H3;4-6H,1-3H3;1-6H;;;;1H/q+1;;;;;;/p-1. The van der Waals surface area contributed by atoms with Crippen LogP contribution in [-0.4, -0.2) is 27.4 Å². The molecule has 1 aromatic heterocycles. The number of carbonyl (C=O) groups is 2. The van der Waals surface area contributed by atoms with Gasteiger partial charge in [0.1, 0.15) is 6.29 Å². The number of hydrogen-bond acceptors (Lipinski definition) is 2. The van der Waals surface area contributed by atoms with Gasteiger partial charge in [-0.2, -0.15) is 0 Å². The van der Waals surface area contributed by atoms with E-state index >= 15 is 0 Å². The Morgan fingerprint density at radius 1 is 0.579 bits per heavy atom. The molecule has 6 rings (SSSR count). The molecule has 0 atom stereocenters. The SMILES string of the molecule is CC(=O)c1ccc(C)cc1C.Cc1ccc(-c2cc(-c3ccccc3)cc(-c3ccc(C)cc3C)[o+]2)c(C)c1.FB(F)F.FF.F[B]F.O=Cc1ccccc1.[F-]. The molecule has 0 saturated heterocycles. The Balaban J connectivity index is 0.000000887. The summed E-state index contributed by atoms with van der Waals surface area (Å²) < 4.78 is 70.5. The highest BCUT2D eigenvalue weighted by atomic mass is 20.0. The fourth-order valence-electron chi connectivity index (χ4n) is 5.48. The monoisotopic (exact) mass is 793 g/mol. The van der Waals surface area contributed by atoms with E-state index in [4.69, 9.17) is 13.6 Å². The van der Waals surface area contributed by atoms with Crippen molar-refractivity contribution in [1.82, 2.24) is 0 Å². The van der Waals surface area contributed by atoms with E-state index in [1.807, 2.05) is 56.3 Å². The molecule has 0 amide bonds. The van der Waals surface area contributed by atoms with Crippen LogP contribution in [0.15, 0.2) is 132 Å². The summed E-state index contributed by atoms with van der Waals surface area (Å²) in [5, 5.41) is 0. The van der Waals surface area contributed by atoms with E-state index in [0.29, 0.717) is 0 Å². The van der Waals surface area contributed by atoms with E-state index < -0.39 is 15.4 Å². The zero-order valence-corrected chi connectivity index (χ0v) is 32.6. The minimum Gasteiger partial charge on any atom is -1.00 e. The first kappa shape index (κ1) is 51.2. The first-order valence-corrected chi connectivity index (χ1v) is 17.1. The number of benzene rings is 5. The molecule has 6 aromatic rings. The zero-order chi connectivity index (χ0) is 42.2. The first-order valence-electron chi connectivity index (χ1n) is 17.1. The number of rotatable bonds is 5. The number of halogens is 8. The highest BCUT2D eigenvalue weighted by Crippen LogP contribution is 2.35. The van der Waals surface area contributed by atoms with Crippen molar-refractivity contribution < 1.29 is 49.4 Å². The molecule has 1 heterocycles. The number of carbonyl (C=O) groups excluding carboxylic acids is 2. The number of aryl methyl sites for hydroxylation is 6. The molecule has 299 valence electrons. The van der Waals surface area contributed by atoms with Crippen LogP contribution in [0, 0.1) is 41.5 Å². The van der Waals surface area contributed by atoms with E-state index in [-0.39, 0.29) is 10.5 Å². The summed E-state index contributed by atoms with van der Waals surface area (Å²) in [5.74, 6) is 1.94.